The molecule has 1 aromatic heterocycles. The molecule has 0 radical (unpaired) electrons. The van der Waals surface area contributed by atoms with Crippen molar-refractivity contribution in [1.82, 2.24) is 25.6 Å². The minimum absolute atomic E-state index is 0.0443. The lowest BCUT2D eigenvalue weighted by Crippen LogP contribution is -2.44. The van der Waals surface area contributed by atoms with E-state index in [9.17, 15) is 4.79 Å². The van der Waals surface area contributed by atoms with Gasteiger partial charge in [-0.25, -0.2) is 4.68 Å². The molecule has 2 heterocycles. The van der Waals surface area contributed by atoms with Crippen molar-refractivity contribution in [2.75, 3.05) is 19.7 Å². The topological polar surface area (TPSA) is 92.1 Å². The summed E-state index contributed by atoms with van der Waals surface area (Å²) in [5.74, 6) is -0.239. The Morgan fingerprint density at radius 3 is 2.80 bits per heavy atom. The van der Waals surface area contributed by atoms with Gasteiger partial charge in [0.2, 0.25) is 0 Å². The van der Waals surface area contributed by atoms with Crippen LogP contribution in [0, 0.1) is 5.41 Å². The fraction of sp³-hybridized carbons (Fsp3) is 0.769. The van der Waals surface area contributed by atoms with Gasteiger partial charge in [0, 0.05) is 25.7 Å². The normalized spacial score (nSPS) is 17.6. The summed E-state index contributed by atoms with van der Waals surface area (Å²) in [6, 6.07) is 0.190. The highest BCUT2D eigenvalue weighted by Gasteiger charge is 2.27. The first kappa shape index (κ1) is 14.9. The summed E-state index contributed by atoms with van der Waals surface area (Å²) in [6.45, 7) is 7.86. The molecule has 0 saturated carbocycles. The highest BCUT2D eigenvalue weighted by atomic mass is 16.3. The van der Waals surface area contributed by atoms with Crippen LogP contribution in [0.5, 0.6) is 0 Å². The van der Waals surface area contributed by atoms with E-state index in [2.05, 4.69) is 20.9 Å². The van der Waals surface area contributed by atoms with Crippen LogP contribution >= 0.6 is 0 Å². The number of rotatable bonds is 5. The molecule has 2 rings (SSSR count). The minimum atomic E-state index is -0.239. The van der Waals surface area contributed by atoms with Crippen molar-refractivity contribution < 1.29 is 9.90 Å². The van der Waals surface area contributed by atoms with Gasteiger partial charge in [-0.2, -0.15) is 0 Å². The van der Waals surface area contributed by atoms with E-state index in [0.717, 1.165) is 13.1 Å². The van der Waals surface area contributed by atoms with Crippen LogP contribution in [-0.4, -0.2) is 51.7 Å². The van der Waals surface area contributed by atoms with Gasteiger partial charge >= 0.3 is 0 Å². The van der Waals surface area contributed by atoms with E-state index in [4.69, 9.17) is 5.11 Å². The summed E-state index contributed by atoms with van der Waals surface area (Å²) in [5.41, 5.74) is 0.204. The monoisotopic (exact) mass is 281 g/mol. The second kappa shape index (κ2) is 5.88. The molecule has 0 aromatic carbocycles. The van der Waals surface area contributed by atoms with Crippen molar-refractivity contribution in [2.45, 2.75) is 39.3 Å². The van der Waals surface area contributed by atoms with E-state index in [1.165, 1.54) is 0 Å². The molecule has 112 valence electrons. The molecule has 1 aromatic rings. The molecular weight excluding hydrogens is 258 g/mol. The largest absolute Gasteiger partial charge is 0.396 e. The van der Waals surface area contributed by atoms with Crippen LogP contribution < -0.4 is 10.6 Å². The number of carbonyl (C=O) groups is 1. The number of hydrogen-bond donors (Lipinski definition) is 3. The molecule has 0 bridgehead atoms. The Hall–Kier alpha value is -1.47. The second-order valence-electron chi connectivity index (χ2n) is 6.30. The molecule has 1 aliphatic heterocycles. The molecule has 7 heteroatoms. The van der Waals surface area contributed by atoms with E-state index >= 15 is 0 Å². The Kier molecular flexibility index (Phi) is 4.39. The maximum Gasteiger partial charge on any atom is 0.273 e. The number of nitrogens with one attached hydrogen (secondary N) is 2. The van der Waals surface area contributed by atoms with Crippen molar-refractivity contribution in [1.29, 1.82) is 0 Å². The first-order valence-corrected chi connectivity index (χ1v) is 6.96. The van der Waals surface area contributed by atoms with Crippen molar-refractivity contribution in [2.24, 2.45) is 5.41 Å². The average Bonchev–Trinajstić information content (AvgIpc) is 2.74. The maximum atomic E-state index is 12.2. The quantitative estimate of drug-likeness (QED) is 0.704. The van der Waals surface area contributed by atoms with Crippen LogP contribution in [0.15, 0.2) is 6.20 Å². The smallest absolute Gasteiger partial charge is 0.273 e. The maximum absolute atomic E-state index is 12.2. The fourth-order valence-electron chi connectivity index (χ4n) is 2.10. The molecule has 1 amide bonds. The molecule has 1 aliphatic rings. The van der Waals surface area contributed by atoms with E-state index in [0.29, 0.717) is 18.2 Å². The highest BCUT2D eigenvalue weighted by Crippen LogP contribution is 2.22. The van der Waals surface area contributed by atoms with E-state index in [1.54, 1.807) is 10.9 Å². The zero-order valence-corrected chi connectivity index (χ0v) is 12.3. The number of aromatic nitrogens is 3. The van der Waals surface area contributed by atoms with Gasteiger partial charge in [0.15, 0.2) is 5.69 Å². The highest BCUT2D eigenvalue weighted by molar-refractivity contribution is 5.92. The SMILES string of the molecule is CC(C)(C)C(CCO)NC(=O)c1cn(C2CNC2)nn1. The zero-order valence-electron chi connectivity index (χ0n) is 12.3. The molecule has 3 N–H and O–H groups in total. The molecule has 7 nitrogen and oxygen atoms in total. The summed E-state index contributed by atoms with van der Waals surface area (Å²) >= 11 is 0. The predicted molar refractivity (Wildman–Crippen MR) is 74.3 cm³/mol. The first-order valence-electron chi connectivity index (χ1n) is 6.96. The van der Waals surface area contributed by atoms with Crippen LogP contribution in [-0.2, 0) is 0 Å². The van der Waals surface area contributed by atoms with E-state index in [1.807, 2.05) is 20.8 Å². The number of aliphatic hydroxyl groups excluding tert-OH is 1. The van der Waals surface area contributed by atoms with Crippen LogP contribution in [0.3, 0.4) is 0 Å². The predicted octanol–water partition coefficient (Wildman–Crippen LogP) is -0.0507. The van der Waals surface area contributed by atoms with Gasteiger partial charge in [-0.15, -0.1) is 5.10 Å². The Morgan fingerprint density at radius 1 is 1.60 bits per heavy atom. The summed E-state index contributed by atoms with van der Waals surface area (Å²) in [7, 11) is 0. The molecule has 1 saturated heterocycles. The lowest BCUT2D eigenvalue weighted by Gasteiger charge is -2.30. The van der Waals surface area contributed by atoms with E-state index < -0.39 is 0 Å². The second-order valence-corrected chi connectivity index (χ2v) is 6.30. The zero-order chi connectivity index (χ0) is 14.8. The third-order valence-electron chi connectivity index (χ3n) is 3.65. The van der Waals surface area contributed by atoms with Gasteiger partial charge in [-0.05, 0) is 11.8 Å². The molecule has 0 spiro atoms. The lowest BCUT2D eigenvalue weighted by molar-refractivity contribution is 0.0880. The van der Waals surface area contributed by atoms with Crippen molar-refractivity contribution in [3.05, 3.63) is 11.9 Å². The molecule has 1 unspecified atom stereocenters. The third-order valence-corrected chi connectivity index (χ3v) is 3.65. The summed E-state index contributed by atoms with van der Waals surface area (Å²) in [4.78, 5) is 12.2. The number of amides is 1. The van der Waals surface area contributed by atoms with Gasteiger partial charge in [-0.1, -0.05) is 26.0 Å². The van der Waals surface area contributed by atoms with Crippen molar-refractivity contribution in [3.63, 3.8) is 0 Å². The fourth-order valence-corrected chi connectivity index (χ4v) is 2.10. The van der Waals surface area contributed by atoms with Crippen molar-refractivity contribution >= 4 is 5.91 Å². The molecule has 1 fully saturated rings. The molecular formula is C13H23N5O2. The van der Waals surface area contributed by atoms with Crippen LogP contribution in [0.4, 0.5) is 0 Å². The van der Waals surface area contributed by atoms with Gasteiger partial charge in [0.05, 0.1) is 12.2 Å². The third kappa shape index (κ3) is 3.34. The Bertz CT molecular complexity index is 462. The van der Waals surface area contributed by atoms with Gasteiger partial charge in [0.1, 0.15) is 0 Å². The van der Waals surface area contributed by atoms with Gasteiger partial charge in [0.25, 0.3) is 5.91 Å². The van der Waals surface area contributed by atoms with Gasteiger partial charge < -0.3 is 15.7 Å². The average molecular weight is 281 g/mol. The Morgan fingerprint density at radius 2 is 2.30 bits per heavy atom. The minimum Gasteiger partial charge on any atom is -0.396 e. The molecule has 0 aliphatic carbocycles. The Balaban J connectivity index is 2.00. The number of hydrogen-bond acceptors (Lipinski definition) is 5. The molecule has 1 atom stereocenters. The van der Waals surface area contributed by atoms with Gasteiger partial charge in [-0.3, -0.25) is 4.79 Å². The Labute approximate surface area is 118 Å². The van der Waals surface area contributed by atoms with Crippen LogP contribution in [0.2, 0.25) is 0 Å². The number of aliphatic hydroxyl groups is 1. The van der Waals surface area contributed by atoms with Crippen LogP contribution in [0.1, 0.15) is 43.7 Å². The summed E-state index contributed by atoms with van der Waals surface area (Å²) < 4.78 is 1.73. The van der Waals surface area contributed by atoms with Crippen molar-refractivity contribution in [3.8, 4) is 0 Å². The molecule has 20 heavy (non-hydrogen) atoms. The van der Waals surface area contributed by atoms with Crippen LogP contribution in [0.25, 0.3) is 0 Å². The number of nitrogens with zero attached hydrogens (tertiary/aromatic N) is 3. The summed E-state index contributed by atoms with van der Waals surface area (Å²) in [5, 5.41) is 23.1. The lowest BCUT2D eigenvalue weighted by atomic mass is 9.85. The number of carbonyl (C=O) groups excluding carboxylic acids is 1. The van der Waals surface area contributed by atoms with E-state index in [-0.39, 0.29) is 24.0 Å². The standard InChI is InChI=1S/C13H23N5O2/c1-13(2,3)11(4-5-19)15-12(20)10-8-18(17-16-10)9-6-14-7-9/h8-9,11,14,19H,4-7H2,1-3H3,(H,15,20). The first-order chi connectivity index (χ1) is 9.41. The summed E-state index contributed by atoms with van der Waals surface area (Å²) in [6.07, 6.45) is 2.20.